The molecule has 1 aromatic heterocycles. The van der Waals surface area contributed by atoms with Gasteiger partial charge in [-0.25, -0.2) is 4.39 Å². The molecule has 0 spiro atoms. The number of carbonyl (C=O) groups is 1. The van der Waals surface area contributed by atoms with Crippen molar-refractivity contribution in [3.63, 3.8) is 0 Å². The molecule has 33 heavy (non-hydrogen) atoms. The number of fused-ring (bicyclic) bond motifs is 3. The molecule has 3 atom stereocenters. The maximum atomic E-state index is 14.2. The zero-order chi connectivity index (χ0) is 22.7. The molecule has 0 radical (unpaired) electrons. The molecular formula is C26H25ClFN3O2. The van der Waals surface area contributed by atoms with Gasteiger partial charge in [0.1, 0.15) is 0 Å². The first-order chi connectivity index (χ1) is 16.0. The summed E-state index contributed by atoms with van der Waals surface area (Å²) >= 11 is 6.02. The lowest BCUT2D eigenvalue weighted by Gasteiger charge is -2.31. The highest BCUT2D eigenvalue weighted by Crippen LogP contribution is 2.40. The number of phenols is 1. The molecule has 5 nitrogen and oxygen atoms in total. The topological polar surface area (TPSA) is 74.2 Å². The standard InChI is InChI=1S/C26H25ClFN3O2/c27-21-8-15(9-22(28)26(21)33)14-3-6-23-19(7-14)24(20(12-29-23)25(32)13-1-2-13)31-18-10-16-4-5-17(11-18)30-16/h3,6-9,12-13,16-18,30,33H,1-2,4-5,10-11H2,(H,29,31)/t16-,17+,18-. The van der Waals surface area contributed by atoms with Gasteiger partial charge in [0.25, 0.3) is 0 Å². The number of benzene rings is 2. The van der Waals surface area contributed by atoms with Gasteiger partial charge in [-0.1, -0.05) is 17.7 Å². The Morgan fingerprint density at radius 3 is 2.55 bits per heavy atom. The van der Waals surface area contributed by atoms with Crippen LogP contribution in [0.4, 0.5) is 10.1 Å². The third kappa shape index (κ3) is 3.85. The quantitative estimate of drug-likeness (QED) is 0.422. The van der Waals surface area contributed by atoms with E-state index in [9.17, 15) is 14.3 Å². The molecule has 3 aliphatic rings. The lowest BCUT2D eigenvalue weighted by atomic mass is 9.96. The summed E-state index contributed by atoms with van der Waals surface area (Å²) in [5.74, 6) is -1.09. The second-order valence-corrected chi connectivity index (χ2v) is 10.1. The molecule has 2 saturated heterocycles. The van der Waals surface area contributed by atoms with Gasteiger partial charge in [0, 0.05) is 35.6 Å². The summed E-state index contributed by atoms with van der Waals surface area (Å²) in [6.07, 6.45) is 8.01. The molecule has 3 aromatic rings. The first-order valence-corrected chi connectivity index (χ1v) is 12.0. The van der Waals surface area contributed by atoms with Gasteiger partial charge in [-0.05, 0) is 73.9 Å². The van der Waals surface area contributed by atoms with Gasteiger partial charge in [-0.3, -0.25) is 9.78 Å². The van der Waals surface area contributed by atoms with E-state index in [1.54, 1.807) is 12.3 Å². The second-order valence-electron chi connectivity index (χ2n) is 9.66. The fourth-order valence-electron chi connectivity index (χ4n) is 5.39. The predicted molar refractivity (Wildman–Crippen MR) is 127 cm³/mol. The van der Waals surface area contributed by atoms with Gasteiger partial charge < -0.3 is 15.7 Å². The van der Waals surface area contributed by atoms with Crippen LogP contribution in [-0.4, -0.2) is 34.0 Å². The first kappa shape index (κ1) is 20.9. The Hall–Kier alpha value is -2.70. The number of ketones is 1. The molecule has 1 aliphatic carbocycles. The summed E-state index contributed by atoms with van der Waals surface area (Å²) in [6, 6.07) is 9.82. The third-order valence-electron chi connectivity index (χ3n) is 7.25. The Morgan fingerprint density at radius 2 is 1.85 bits per heavy atom. The van der Waals surface area contributed by atoms with E-state index >= 15 is 0 Å². The Labute approximate surface area is 196 Å². The number of pyridine rings is 1. The number of piperidine rings is 1. The number of nitrogens with one attached hydrogen (secondary N) is 2. The fourth-order valence-corrected chi connectivity index (χ4v) is 5.60. The minimum absolute atomic E-state index is 0.0376. The van der Waals surface area contributed by atoms with Crippen molar-refractivity contribution in [1.29, 1.82) is 0 Å². The fraction of sp³-hybridized carbons (Fsp3) is 0.385. The number of aromatic hydroxyl groups is 1. The predicted octanol–water partition coefficient (Wildman–Crippen LogP) is 5.69. The summed E-state index contributed by atoms with van der Waals surface area (Å²) in [7, 11) is 0. The van der Waals surface area contributed by atoms with E-state index in [0.717, 1.165) is 47.8 Å². The van der Waals surface area contributed by atoms with Gasteiger partial charge in [0.05, 0.1) is 21.8 Å². The van der Waals surface area contributed by atoms with Gasteiger partial charge in [0.2, 0.25) is 0 Å². The number of halogens is 2. The zero-order valence-electron chi connectivity index (χ0n) is 18.1. The van der Waals surface area contributed by atoms with Crippen molar-refractivity contribution in [3.8, 4) is 16.9 Å². The number of phenolic OH excluding ortho intramolecular Hbond substituents is 1. The van der Waals surface area contributed by atoms with Crippen molar-refractivity contribution in [1.82, 2.24) is 10.3 Å². The molecule has 2 aliphatic heterocycles. The first-order valence-electron chi connectivity index (χ1n) is 11.6. The van der Waals surface area contributed by atoms with Crippen LogP contribution in [0.3, 0.4) is 0 Å². The van der Waals surface area contributed by atoms with E-state index in [4.69, 9.17) is 11.6 Å². The highest BCUT2D eigenvalue weighted by Gasteiger charge is 2.36. The largest absolute Gasteiger partial charge is 0.504 e. The highest BCUT2D eigenvalue weighted by molar-refractivity contribution is 6.32. The van der Waals surface area contributed by atoms with E-state index < -0.39 is 11.6 Å². The molecule has 6 rings (SSSR count). The van der Waals surface area contributed by atoms with Gasteiger partial charge >= 0.3 is 0 Å². The molecule has 170 valence electrons. The van der Waals surface area contributed by atoms with E-state index in [1.165, 1.54) is 18.9 Å². The van der Waals surface area contributed by atoms with Crippen LogP contribution >= 0.6 is 11.6 Å². The van der Waals surface area contributed by atoms with Crippen LogP contribution in [0.2, 0.25) is 5.02 Å². The highest BCUT2D eigenvalue weighted by atomic mass is 35.5. The van der Waals surface area contributed by atoms with Crippen LogP contribution < -0.4 is 10.6 Å². The van der Waals surface area contributed by atoms with Crippen molar-refractivity contribution >= 4 is 34.0 Å². The van der Waals surface area contributed by atoms with E-state index in [-0.39, 0.29) is 22.8 Å². The molecule has 7 heteroatoms. The Morgan fingerprint density at radius 1 is 1.09 bits per heavy atom. The van der Waals surface area contributed by atoms with Crippen LogP contribution in [0, 0.1) is 11.7 Å². The van der Waals surface area contributed by atoms with E-state index in [2.05, 4.69) is 15.6 Å². The smallest absolute Gasteiger partial charge is 0.170 e. The molecule has 2 aromatic carbocycles. The number of hydrogen-bond acceptors (Lipinski definition) is 5. The molecule has 3 heterocycles. The molecular weight excluding hydrogens is 441 g/mol. The average molecular weight is 466 g/mol. The van der Waals surface area contributed by atoms with Gasteiger partial charge in [-0.2, -0.15) is 0 Å². The van der Waals surface area contributed by atoms with Crippen LogP contribution in [0.1, 0.15) is 48.9 Å². The molecule has 1 saturated carbocycles. The van der Waals surface area contributed by atoms with Crippen molar-refractivity contribution in [2.24, 2.45) is 5.92 Å². The number of aromatic nitrogens is 1. The molecule has 0 unspecified atom stereocenters. The Balaban J connectivity index is 1.46. The molecule has 0 amide bonds. The van der Waals surface area contributed by atoms with Crippen molar-refractivity contribution in [2.45, 2.75) is 56.7 Å². The maximum absolute atomic E-state index is 14.2. The van der Waals surface area contributed by atoms with E-state index in [1.807, 2.05) is 18.2 Å². The van der Waals surface area contributed by atoms with Crippen molar-refractivity contribution in [2.75, 3.05) is 5.32 Å². The van der Waals surface area contributed by atoms with Crippen LogP contribution in [0.5, 0.6) is 5.75 Å². The minimum atomic E-state index is -0.767. The van der Waals surface area contributed by atoms with E-state index in [0.29, 0.717) is 23.2 Å². The SMILES string of the molecule is O=C(c1cnc2ccc(-c3cc(F)c(O)c(Cl)c3)cc2c1N[C@@H]1C[C@H]2CC[C@@H](C1)N2)C1CC1. The third-order valence-corrected chi connectivity index (χ3v) is 7.54. The molecule has 2 bridgehead atoms. The van der Waals surface area contributed by atoms with Crippen LogP contribution in [0.15, 0.2) is 36.5 Å². The van der Waals surface area contributed by atoms with Crippen LogP contribution in [-0.2, 0) is 0 Å². The second kappa shape index (κ2) is 7.96. The van der Waals surface area contributed by atoms with Gasteiger partial charge in [-0.15, -0.1) is 0 Å². The monoisotopic (exact) mass is 465 g/mol. The Kier molecular flexibility index (Phi) is 5.03. The van der Waals surface area contributed by atoms with Crippen molar-refractivity contribution < 1.29 is 14.3 Å². The number of nitrogens with zero attached hydrogens (tertiary/aromatic N) is 1. The number of hydrogen-bond donors (Lipinski definition) is 3. The number of Topliss-reactive ketones (excluding diaryl/α,β-unsaturated/α-hetero) is 1. The number of rotatable bonds is 5. The zero-order valence-corrected chi connectivity index (χ0v) is 18.8. The Bertz CT molecular complexity index is 1240. The average Bonchev–Trinajstić information content (AvgIpc) is 3.61. The van der Waals surface area contributed by atoms with Crippen molar-refractivity contribution in [3.05, 3.63) is 52.9 Å². The lowest BCUT2D eigenvalue weighted by Crippen LogP contribution is -2.43. The maximum Gasteiger partial charge on any atom is 0.170 e. The summed E-state index contributed by atoms with van der Waals surface area (Å²) in [4.78, 5) is 17.7. The lowest BCUT2D eigenvalue weighted by molar-refractivity contribution is 0.0968. The summed E-state index contributed by atoms with van der Waals surface area (Å²) < 4.78 is 14.2. The summed E-state index contributed by atoms with van der Waals surface area (Å²) in [5, 5.41) is 17.9. The molecule has 3 N–H and O–H groups in total. The van der Waals surface area contributed by atoms with Crippen LogP contribution in [0.25, 0.3) is 22.0 Å². The summed E-state index contributed by atoms with van der Waals surface area (Å²) in [5.41, 5.74) is 3.55. The molecule has 3 fully saturated rings. The normalized spacial score (nSPS) is 24.2. The van der Waals surface area contributed by atoms with Gasteiger partial charge in [0.15, 0.2) is 17.3 Å². The number of anilines is 1. The summed E-state index contributed by atoms with van der Waals surface area (Å²) in [6.45, 7) is 0. The minimum Gasteiger partial charge on any atom is -0.504 e. The number of carbonyl (C=O) groups excluding carboxylic acids is 1.